The molecule has 1 amide bonds. The maximum absolute atomic E-state index is 10.7. The fourth-order valence-electron chi connectivity index (χ4n) is 1.25. The number of carbonyl (C=O) groups excluding carboxylic acids is 1. The Labute approximate surface area is 76.1 Å². The van der Waals surface area contributed by atoms with E-state index in [0.29, 0.717) is 0 Å². The van der Waals surface area contributed by atoms with E-state index in [0.717, 1.165) is 12.5 Å². The molecule has 0 bridgehead atoms. The minimum atomic E-state index is -0.00294. The average molecular weight is 220 g/mol. The zero-order valence-corrected chi connectivity index (χ0v) is 8.43. The molecule has 0 saturated heterocycles. The predicted octanol–water partition coefficient (Wildman–Crippen LogP) is 2.62. The Hall–Kier alpha value is -0.0500. The van der Waals surface area contributed by atoms with E-state index >= 15 is 0 Å². The SMILES string of the molecule is CN(CCC1CCC1)C(=O)Br. The van der Waals surface area contributed by atoms with Gasteiger partial charge in [-0.15, -0.1) is 0 Å². The van der Waals surface area contributed by atoms with Crippen LogP contribution in [0.4, 0.5) is 4.79 Å². The topological polar surface area (TPSA) is 20.3 Å². The number of amides is 1. The highest BCUT2D eigenvalue weighted by Crippen LogP contribution is 2.29. The van der Waals surface area contributed by atoms with Crippen molar-refractivity contribution in [2.24, 2.45) is 5.92 Å². The Morgan fingerprint density at radius 2 is 2.27 bits per heavy atom. The molecular weight excluding hydrogens is 206 g/mol. The number of nitrogens with zero attached hydrogens (tertiary/aromatic N) is 1. The molecule has 0 aliphatic heterocycles. The van der Waals surface area contributed by atoms with Gasteiger partial charge in [0, 0.05) is 29.5 Å². The maximum Gasteiger partial charge on any atom is 0.289 e. The van der Waals surface area contributed by atoms with E-state index in [1.807, 2.05) is 7.05 Å². The molecule has 0 atom stereocenters. The van der Waals surface area contributed by atoms with Crippen LogP contribution in [0.5, 0.6) is 0 Å². The van der Waals surface area contributed by atoms with Crippen LogP contribution in [0.1, 0.15) is 25.7 Å². The van der Waals surface area contributed by atoms with E-state index in [1.54, 1.807) is 4.90 Å². The highest BCUT2D eigenvalue weighted by Gasteiger charge is 2.17. The summed E-state index contributed by atoms with van der Waals surface area (Å²) in [5.41, 5.74) is 0. The summed E-state index contributed by atoms with van der Waals surface area (Å²) in [5.74, 6) is 0.893. The van der Waals surface area contributed by atoms with Crippen LogP contribution in [0.25, 0.3) is 0 Å². The number of hydrogen-bond donors (Lipinski definition) is 0. The third-order valence-electron chi connectivity index (χ3n) is 2.40. The molecule has 0 aromatic heterocycles. The van der Waals surface area contributed by atoms with Gasteiger partial charge >= 0.3 is 0 Å². The lowest BCUT2D eigenvalue weighted by molar-refractivity contribution is 0.220. The van der Waals surface area contributed by atoms with Crippen molar-refractivity contribution in [2.75, 3.05) is 13.6 Å². The van der Waals surface area contributed by atoms with Gasteiger partial charge in [-0.2, -0.15) is 0 Å². The second kappa shape index (κ2) is 4.10. The van der Waals surface area contributed by atoms with E-state index in [-0.39, 0.29) is 4.82 Å². The lowest BCUT2D eigenvalue weighted by Crippen LogP contribution is -2.25. The molecule has 0 aromatic carbocycles. The molecular formula is C8H14BrNO. The van der Waals surface area contributed by atoms with Crippen molar-refractivity contribution in [1.29, 1.82) is 0 Å². The monoisotopic (exact) mass is 219 g/mol. The molecule has 0 heterocycles. The molecule has 2 nitrogen and oxygen atoms in total. The average Bonchev–Trinajstić information content (AvgIpc) is 1.83. The second-order valence-corrected chi connectivity index (χ2v) is 3.94. The molecule has 0 unspecified atom stereocenters. The van der Waals surface area contributed by atoms with Crippen LogP contribution in [0.2, 0.25) is 0 Å². The Bertz CT molecular complexity index is 145. The minimum Gasteiger partial charge on any atom is -0.336 e. The maximum atomic E-state index is 10.7. The largest absolute Gasteiger partial charge is 0.336 e. The molecule has 1 fully saturated rings. The molecule has 1 rings (SSSR count). The standard InChI is InChI=1S/C8H14BrNO/c1-10(8(9)11)6-5-7-3-2-4-7/h7H,2-6H2,1H3. The number of halogens is 1. The molecule has 11 heavy (non-hydrogen) atoms. The van der Waals surface area contributed by atoms with Gasteiger partial charge in [-0.05, 0) is 12.3 Å². The summed E-state index contributed by atoms with van der Waals surface area (Å²) in [4.78, 5) is 12.4. The first kappa shape index (κ1) is 9.04. The van der Waals surface area contributed by atoms with Crippen molar-refractivity contribution >= 4 is 20.7 Å². The Morgan fingerprint density at radius 3 is 2.64 bits per heavy atom. The second-order valence-electron chi connectivity index (χ2n) is 3.26. The van der Waals surface area contributed by atoms with Crippen LogP contribution in [0.15, 0.2) is 0 Å². The van der Waals surface area contributed by atoms with Crippen LogP contribution in [-0.2, 0) is 0 Å². The minimum absolute atomic E-state index is 0.00294. The van der Waals surface area contributed by atoms with Gasteiger partial charge < -0.3 is 4.90 Å². The molecule has 1 saturated carbocycles. The summed E-state index contributed by atoms with van der Waals surface area (Å²) < 4.78 is 0. The van der Waals surface area contributed by atoms with Crippen LogP contribution in [-0.4, -0.2) is 23.3 Å². The smallest absolute Gasteiger partial charge is 0.289 e. The number of hydrogen-bond acceptors (Lipinski definition) is 1. The predicted molar refractivity (Wildman–Crippen MR) is 48.9 cm³/mol. The van der Waals surface area contributed by atoms with Gasteiger partial charge in [0.25, 0.3) is 4.82 Å². The third-order valence-corrected chi connectivity index (χ3v) is 3.00. The first-order valence-electron chi connectivity index (χ1n) is 4.10. The highest BCUT2D eigenvalue weighted by atomic mass is 79.9. The molecule has 1 aliphatic carbocycles. The van der Waals surface area contributed by atoms with Gasteiger partial charge in [0.15, 0.2) is 0 Å². The normalized spacial score (nSPS) is 17.6. The van der Waals surface area contributed by atoms with E-state index in [4.69, 9.17) is 0 Å². The van der Waals surface area contributed by atoms with Crippen LogP contribution < -0.4 is 0 Å². The summed E-state index contributed by atoms with van der Waals surface area (Å²) in [6.45, 7) is 0.898. The first-order chi connectivity index (χ1) is 5.20. The molecule has 3 heteroatoms. The van der Waals surface area contributed by atoms with Gasteiger partial charge in [-0.1, -0.05) is 19.3 Å². The van der Waals surface area contributed by atoms with Crippen molar-refractivity contribution in [1.82, 2.24) is 4.90 Å². The zero-order valence-electron chi connectivity index (χ0n) is 6.85. The van der Waals surface area contributed by atoms with E-state index < -0.39 is 0 Å². The first-order valence-corrected chi connectivity index (χ1v) is 4.90. The molecule has 0 aromatic rings. The number of rotatable bonds is 3. The van der Waals surface area contributed by atoms with Crippen molar-refractivity contribution < 1.29 is 4.79 Å². The summed E-state index contributed by atoms with van der Waals surface area (Å²) in [5, 5.41) is 0. The van der Waals surface area contributed by atoms with Gasteiger partial charge in [0.1, 0.15) is 0 Å². The van der Waals surface area contributed by atoms with E-state index in [1.165, 1.54) is 25.7 Å². The quantitative estimate of drug-likeness (QED) is 0.528. The Morgan fingerprint density at radius 1 is 1.64 bits per heavy atom. The molecule has 0 N–H and O–H groups in total. The summed E-state index contributed by atoms with van der Waals surface area (Å²) >= 11 is 2.92. The lowest BCUT2D eigenvalue weighted by atomic mass is 9.83. The van der Waals surface area contributed by atoms with E-state index in [9.17, 15) is 4.79 Å². The highest BCUT2D eigenvalue weighted by molar-refractivity contribution is 9.18. The van der Waals surface area contributed by atoms with Crippen molar-refractivity contribution in [3.8, 4) is 0 Å². The van der Waals surface area contributed by atoms with E-state index in [2.05, 4.69) is 15.9 Å². The molecule has 0 spiro atoms. The zero-order chi connectivity index (χ0) is 8.27. The van der Waals surface area contributed by atoms with Crippen LogP contribution >= 0.6 is 15.9 Å². The Kier molecular flexibility index (Phi) is 3.37. The fraction of sp³-hybridized carbons (Fsp3) is 0.875. The number of carbonyl (C=O) groups is 1. The molecule has 64 valence electrons. The van der Waals surface area contributed by atoms with Gasteiger partial charge in [0.2, 0.25) is 0 Å². The fourth-order valence-corrected chi connectivity index (χ4v) is 1.42. The summed E-state index contributed by atoms with van der Waals surface area (Å²) in [7, 11) is 1.83. The molecule has 0 radical (unpaired) electrons. The van der Waals surface area contributed by atoms with Gasteiger partial charge in [0.05, 0.1) is 0 Å². The van der Waals surface area contributed by atoms with Crippen LogP contribution in [0.3, 0.4) is 0 Å². The third kappa shape index (κ3) is 2.81. The van der Waals surface area contributed by atoms with Gasteiger partial charge in [-0.25, -0.2) is 0 Å². The van der Waals surface area contributed by atoms with Crippen molar-refractivity contribution in [3.63, 3.8) is 0 Å². The van der Waals surface area contributed by atoms with Crippen molar-refractivity contribution in [3.05, 3.63) is 0 Å². The lowest BCUT2D eigenvalue weighted by Gasteiger charge is -2.26. The van der Waals surface area contributed by atoms with Crippen molar-refractivity contribution in [2.45, 2.75) is 25.7 Å². The summed E-state index contributed by atoms with van der Waals surface area (Å²) in [6.07, 6.45) is 5.29. The summed E-state index contributed by atoms with van der Waals surface area (Å²) in [6, 6.07) is 0. The molecule has 1 aliphatic rings. The van der Waals surface area contributed by atoms with Gasteiger partial charge in [-0.3, -0.25) is 4.79 Å². The van der Waals surface area contributed by atoms with Crippen LogP contribution in [0, 0.1) is 5.92 Å². The Balaban J connectivity index is 2.05.